The molecule has 26 heavy (non-hydrogen) atoms. The van der Waals surface area contributed by atoms with Crippen molar-refractivity contribution in [1.82, 2.24) is 9.80 Å². The van der Waals surface area contributed by atoms with Crippen LogP contribution in [0.2, 0.25) is 0 Å². The Morgan fingerprint density at radius 1 is 1.12 bits per heavy atom. The fourth-order valence-electron chi connectivity index (χ4n) is 3.85. The van der Waals surface area contributed by atoms with E-state index in [0.29, 0.717) is 31.6 Å². The van der Waals surface area contributed by atoms with E-state index < -0.39 is 0 Å². The molecule has 2 fully saturated rings. The van der Waals surface area contributed by atoms with E-state index in [9.17, 15) is 14.0 Å². The lowest BCUT2D eigenvalue weighted by Crippen LogP contribution is -2.53. The van der Waals surface area contributed by atoms with Crippen LogP contribution in [-0.4, -0.2) is 51.9 Å². The number of hydrogen-bond acceptors (Lipinski definition) is 3. The molecule has 0 aromatic heterocycles. The maximum Gasteiger partial charge on any atom is 0.254 e. The van der Waals surface area contributed by atoms with Gasteiger partial charge in [-0.2, -0.15) is 0 Å². The number of carbonyl (C=O) groups excluding carboxylic acids is 2. The molecule has 2 aliphatic heterocycles. The summed E-state index contributed by atoms with van der Waals surface area (Å²) in [6, 6.07) is 5.78. The monoisotopic (exact) mass is 378 g/mol. The average Bonchev–Trinajstić information content (AvgIpc) is 3.05. The molecule has 0 bridgehead atoms. The van der Waals surface area contributed by atoms with Crippen LogP contribution in [0.1, 0.15) is 55.8 Å². The molecule has 1 spiro atoms. The molecule has 4 nitrogen and oxygen atoms in total. The van der Waals surface area contributed by atoms with Gasteiger partial charge >= 0.3 is 0 Å². The summed E-state index contributed by atoms with van der Waals surface area (Å²) in [7, 11) is 0. The number of likely N-dealkylation sites (tertiary alicyclic amines) is 1. The van der Waals surface area contributed by atoms with Gasteiger partial charge in [0.05, 0.1) is 4.87 Å². The van der Waals surface area contributed by atoms with Crippen molar-refractivity contribution >= 4 is 23.6 Å². The number of halogens is 1. The molecular weight excluding hydrogens is 351 g/mol. The molecular formula is C20H27FN2O2S. The molecule has 0 unspecified atom stereocenters. The van der Waals surface area contributed by atoms with Gasteiger partial charge in [0, 0.05) is 37.4 Å². The predicted octanol–water partition coefficient (Wildman–Crippen LogP) is 3.91. The Bertz CT molecular complexity index is 642. The van der Waals surface area contributed by atoms with Crippen molar-refractivity contribution < 1.29 is 14.0 Å². The number of nitrogens with zero attached hydrogens (tertiary/aromatic N) is 2. The summed E-state index contributed by atoms with van der Waals surface area (Å²) >= 11 is 1.83. The first-order valence-corrected chi connectivity index (χ1v) is 10.5. The molecule has 0 N–H and O–H groups in total. The van der Waals surface area contributed by atoms with Crippen molar-refractivity contribution in [3.05, 3.63) is 35.6 Å². The third kappa shape index (κ3) is 4.05. The first kappa shape index (κ1) is 19.2. The standard InChI is InChI=1S/C20H27FN2O2S/c1-2-3-4-5-18(24)22-12-10-20(11-13-22)23(14-15-26-20)19(25)16-6-8-17(21)9-7-16/h6-9H,2-5,10-15H2,1H3. The lowest BCUT2D eigenvalue weighted by atomic mass is 10.00. The van der Waals surface area contributed by atoms with Crippen molar-refractivity contribution in [3.8, 4) is 0 Å². The van der Waals surface area contributed by atoms with Crippen LogP contribution in [0.25, 0.3) is 0 Å². The summed E-state index contributed by atoms with van der Waals surface area (Å²) in [6.45, 7) is 4.28. The Kier molecular flexibility index (Phi) is 6.22. The summed E-state index contributed by atoms with van der Waals surface area (Å²) < 4.78 is 13.1. The topological polar surface area (TPSA) is 40.6 Å². The summed E-state index contributed by atoms with van der Waals surface area (Å²) in [5.74, 6) is 0.796. The summed E-state index contributed by atoms with van der Waals surface area (Å²) in [5.41, 5.74) is 0.534. The number of piperidine rings is 1. The van der Waals surface area contributed by atoms with E-state index in [1.54, 1.807) is 12.1 Å². The van der Waals surface area contributed by atoms with Gasteiger partial charge in [-0.3, -0.25) is 9.59 Å². The second kappa shape index (κ2) is 8.42. The van der Waals surface area contributed by atoms with Gasteiger partial charge in [-0.25, -0.2) is 4.39 Å². The summed E-state index contributed by atoms with van der Waals surface area (Å²) in [4.78, 5) is 29.0. The van der Waals surface area contributed by atoms with Crippen molar-refractivity contribution in [1.29, 1.82) is 0 Å². The van der Waals surface area contributed by atoms with E-state index in [0.717, 1.165) is 37.9 Å². The molecule has 3 rings (SSSR count). The Labute approximate surface area is 159 Å². The minimum atomic E-state index is -0.332. The van der Waals surface area contributed by atoms with Gasteiger partial charge in [-0.05, 0) is 43.5 Å². The highest BCUT2D eigenvalue weighted by Crippen LogP contribution is 2.44. The number of rotatable bonds is 5. The van der Waals surface area contributed by atoms with Gasteiger partial charge in [0.2, 0.25) is 5.91 Å². The number of amides is 2. The normalized spacial score (nSPS) is 19.2. The number of benzene rings is 1. The fourth-order valence-corrected chi connectivity index (χ4v) is 5.30. The molecule has 6 heteroatoms. The first-order valence-electron chi connectivity index (χ1n) is 9.55. The minimum absolute atomic E-state index is 0.0299. The molecule has 0 radical (unpaired) electrons. The zero-order chi connectivity index (χ0) is 18.6. The highest BCUT2D eigenvalue weighted by atomic mass is 32.2. The van der Waals surface area contributed by atoms with E-state index in [1.165, 1.54) is 12.1 Å². The van der Waals surface area contributed by atoms with Crippen molar-refractivity contribution in [2.24, 2.45) is 0 Å². The predicted molar refractivity (Wildman–Crippen MR) is 103 cm³/mol. The molecule has 1 aromatic rings. The van der Waals surface area contributed by atoms with Gasteiger partial charge in [0.1, 0.15) is 5.82 Å². The third-order valence-corrected chi connectivity index (χ3v) is 6.96. The van der Waals surface area contributed by atoms with Crippen LogP contribution in [-0.2, 0) is 4.79 Å². The van der Waals surface area contributed by atoms with Crippen LogP contribution in [0.5, 0.6) is 0 Å². The molecule has 0 atom stereocenters. The molecule has 0 saturated carbocycles. The SMILES string of the molecule is CCCCCC(=O)N1CCC2(CC1)SCCN2C(=O)c1ccc(F)cc1. The van der Waals surface area contributed by atoms with E-state index in [1.807, 2.05) is 21.6 Å². The van der Waals surface area contributed by atoms with Gasteiger partial charge in [-0.15, -0.1) is 11.8 Å². The smallest absolute Gasteiger partial charge is 0.254 e. The zero-order valence-corrected chi connectivity index (χ0v) is 16.2. The molecule has 0 aliphatic carbocycles. The maximum absolute atomic E-state index is 13.1. The number of hydrogen-bond donors (Lipinski definition) is 0. The number of unbranched alkanes of at least 4 members (excludes halogenated alkanes) is 2. The van der Waals surface area contributed by atoms with Gasteiger partial charge in [0.15, 0.2) is 0 Å². The average molecular weight is 379 g/mol. The van der Waals surface area contributed by atoms with Crippen LogP contribution in [0.3, 0.4) is 0 Å². The molecule has 2 aliphatic rings. The fraction of sp³-hybridized carbons (Fsp3) is 0.600. The number of carbonyl (C=O) groups is 2. The number of thioether (sulfide) groups is 1. The molecule has 2 amide bonds. The molecule has 1 aromatic carbocycles. The maximum atomic E-state index is 13.1. The molecule has 2 heterocycles. The zero-order valence-electron chi connectivity index (χ0n) is 15.4. The van der Waals surface area contributed by atoms with Gasteiger partial charge in [-0.1, -0.05) is 19.8 Å². The Balaban J connectivity index is 1.62. The van der Waals surface area contributed by atoms with Crippen LogP contribution >= 0.6 is 11.8 Å². The summed E-state index contributed by atoms with van der Waals surface area (Å²) in [6.07, 6.45) is 5.42. The van der Waals surface area contributed by atoms with E-state index >= 15 is 0 Å². The Morgan fingerprint density at radius 2 is 1.81 bits per heavy atom. The lowest BCUT2D eigenvalue weighted by Gasteiger charge is -2.44. The Hall–Kier alpha value is -1.56. The van der Waals surface area contributed by atoms with Crippen LogP contribution in [0, 0.1) is 5.82 Å². The first-order chi connectivity index (χ1) is 12.6. The van der Waals surface area contributed by atoms with Crippen LogP contribution in [0.15, 0.2) is 24.3 Å². The molecule has 2 saturated heterocycles. The van der Waals surface area contributed by atoms with Crippen molar-refractivity contribution in [3.63, 3.8) is 0 Å². The lowest BCUT2D eigenvalue weighted by molar-refractivity contribution is -0.132. The second-order valence-electron chi connectivity index (χ2n) is 7.10. The highest BCUT2D eigenvalue weighted by Gasteiger charge is 2.46. The highest BCUT2D eigenvalue weighted by molar-refractivity contribution is 8.00. The van der Waals surface area contributed by atoms with Crippen LogP contribution < -0.4 is 0 Å². The largest absolute Gasteiger partial charge is 0.342 e. The van der Waals surface area contributed by atoms with Crippen LogP contribution in [0.4, 0.5) is 4.39 Å². The van der Waals surface area contributed by atoms with Crippen molar-refractivity contribution in [2.45, 2.75) is 50.3 Å². The van der Waals surface area contributed by atoms with E-state index in [-0.39, 0.29) is 22.5 Å². The second-order valence-corrected chi connectivity index (χ2v) is 8.55. The Morgan fingerprint density at radius 3 is 2.46 bits per heavy atom. The van der Waals surface area contributed by atoms with Gasteiger partial charge in [0.25, 0.3) is 5.91 Å². The molecule has 142 valence electrons. The van der Waals surface area contributed by atoms with E-state index in [2.05, 4.69) is 6.92 Å². The van der Waals surface area contributed by atoms with Gasteiger partial charge < -0.3 is 9.80 Å². The summed E-state index contributed by atoms with van der Waals surface area (Å²) in [5, 5.41) is 0. The quantitative estimate of drug-likeness (QED) is 0.730. The van der Waals surface area contributed by atoms with E-state index in [4.69, 9.17) is 0 Å². The third-order valence-electron chi connectivity index (χ3n) is 5.41. The van der Waals surface area contributed by atoms with Crippen molar-refractivity contribution in [2.75, 3.05) is 25.4 Å². The minimum Gasteiger partial charge on any atom is -0.342 e.